The average Bonchev–Trinajstić information content (AvgIpc) is 3.52. The first-order valence-electron chi connectivity index (χ1n) is 16.4. The first kappa shape index (κ1) is 36.1. The quantitative estimate of drug-likeness (QED) is 0.109. The normalized spacial score (nSPS) is 15.8. The molecule has 2 N–H and O–H groups in total. The Bertz CT molecular complexity index is 2090. The van der Waals surface area contributed by atoms with Gasteiger partial charge in [-0.05, 0) is 65.9 Å². The van der Waals surface area contributed by atoms with Gasteiger partial charge in [-0.2, -0.15) is 18.3 Å². The molecule has 8 nitrogen and oxygen atoms in total. The van der Waals surface area contributed by atoms with Crippen LogP contribution in [0.1, 0.15) is 51.1 Å². The van der Waals surface area contributed by atoms with E-state index in [0.29, 0.717) is 34.1 Å². The van der Waals surface area contributed by atoms with Crippen molar-refractivity contribution >= 4 is 35.3 Å². The zero-order valence-corrected chi connectivity index (χ0v) is 28.6. The number of likely N-dealkylation sites (N-methyl/N-ethyl adjacent to an activating group) is 1. The molecule has 13 heteroatoms. The Morgan fingerprint density at radius 2 is 1.62 bits per heavy atom. The number of para-hydroxylation sites is 1. The Morgan fingerprint density at radius 3 is 2.29 bits per heavy atom. The van der Waals surface area contributed by atoms with Crippen molar-refractivity contribution in [1.82, 2.24) is 20.4 Å². The second-order valence-corrected chi connectivity index (χ2v) is 12.8. The minimum Gasteiger partial charge on any atom is -0.347 e. The predicted molar refractivity (Wildman–Crippen MR) is 191 cm³/mol. The zero-order chi connectivity index (χ0) is 36.8. The molecule has 0 saturated heterocycles. The van der Waals surface area contributed by atoms with E-state index >= 15 is 0 Å². The molecule has 0 unspecified atom stereocenters. The van der Waals surface area contributed by atoms with Crippen LogP contribution in [-0.4, -0.2) is 40.1 Å². The van der Waals surface area contributed by atoms with Gasteiger partial charge in [-0.1, -0.05) is 66.7 Å². The lowest BCUT2D eigenvalue weighted by Gasteiger charge is -2.38. The summed E-state index contributed by atoms with van der Waals surface area (Å²) in [6, 6.07) is 26.8. The van der Waals surface area contributed by atoms with E-state index in [9.17, 15) is 31.9 Å². The number of anilines is 1. The maximum absolute atomic E-state index is 14.4. The predicted octanol–water partition coefficient (Wildman–Crippen LogP) is 7.39. The van der Waals surface area contributed by atoms with Crippen LogP contribution in [0.2, 0.25) is 0 Å². The summed E-state index contributed by atoms with van der Waals surface area (Å²) in [4.78, 5) is 42.5. The number of aromatic nitrogens is 2. The molecule has 0 spiro atoms. The number of nitrogens with one attached hydrogen (secondary N) is 2. The van der Waals surface area contributed by atoms with Crippen LogP contribution < -0.4 is 15.5 Å². The van der Waals surface area contributed by atoms with E-state index in [1.165, 1.54) is 53.1 Å². The number of hydrogen-bond acceptors (Lipinski definition) is 5. The van der Waals surface area contributed by atoms with E-state index in [-0.39, 0.29) is 18.7 Å². The van der Waals surface area contributed by atoms with Gasteiger partial charge in [0.05, 0.1) is 23.5 Å². The number of benzene rings is 4. The molecule has 0 radical (unpaired) electrons. The summed E-state index contributed by atoms with van der Waals surface area (Å²) in [5.74, 6) is -2.29. The van der Waals surface area contributed by atoms with Crippen molar-refractivity contribution in [1.29, 1.82) is 0 Å². The van der Waals surface area contributed by atoms with Crippen molar-refractivity contribution in [3.8, 4) is 5.69 Å². The largest absolute Gasteiger partial charge is 0.416 e. The molecule has 6 rings (SSSR count). The monoisotopic (exact) mass is 727 g/mol. The summed E-state index contributed by atoms with van der Waals surface area (Å²) in [5, 5.41) is 12.1. The first-order valence-corrected chi connectivity index (χ1v) is 17.4. The lowest BCUT2D eigenvalue weighted by Crippen LogP contribution is -2.55. The fourth-order valence-electron chi connectivity index (χ4n) is 6.10. The van der Waals surface area contributed by atoms with Crippen LogP contribution in [0.15, 0.2) is 121 Å². The minimum absolute atomic E-state index is 0.0770. The number of carbonyl (C=O) groups excluding carboxylic acids is 3. The lowest BCUT2D eigenvalue weighted by atomic mass is 9.80. The molecule has 5 aromatic rings. The molecule has 4 aromatic carbocycles. The fraction of sp³-hybridized carbons (Fsp3) is 0.179. The van der Waals surface area contributed by atoms with Crippen molar-refractivity contribution in [2.24, 2.45) is 0 Å². The summed E-state index contributed by atoms with van der Waals surface area (Å²) in [6.07, 6.45) is -3.28. The maximum atomic E-state index is 14.4. The summed E-state index contributed by atoms with van der Waals surface area (Å²) in [7, 11) is 0. The van der Waals surface area contributed by atoms with Gasteiger partial charge in [0.1, 0.15) is 17.7 Å². The summed E-state index contributed by atoms with van der Waals surface area (Å²) < 4.78 is 56.4. The van der Waals surface area contributed by atoms with Crippen molar-refractivity contribution < 1.29 is 31.9 Å². The minimum atomic E-state index is -4.69. The van der Waals surface area contributed by atoms with Gasteiger partial charge in [0, 0.05) is 35.4 Å². The van der Waals surface area contributed by atoms with Gasteiger partial charge < -0.3 is 10.6 Å². The number of nitrogens with zero attached hydrogens (tertiary/aromatic N) is 3. The van der Waals surface area contributed by atoms with Crippen LogP contribution in [0.25, 0.3) is 5.69 Å². The lowest BCUT2D eigenvalue weighted by molar-refractivity contribution is -0.137. The van der Waals surface area contributed by atoms with E-state index in [1.54, 1.807) is 41.3 Å². The molecule has 2 atom stereocenters. The number of alkyl halides is 3. The molecular formula is C39H33F4N5O3S. The molecule has 1 aromatic heterocycles. The first-order chi connectivity index (χ1) is 25.0. The Morgan fingerprint density at radius 1 is 0.923 bits per heavy atom. The molecule has 1 aliphatic rings. The third-order valence-electron chi connectivity index (χ3n) is 8.53. The molecule has 0 saturated carbocycles. The molecule has 52 heavy (non-hydrogen) atoms. The number of rotatable bonds is 11. The van der Waals surface area contributed by atoms with E-state index in [2.05, 4.69) is 10.6 Å². The van der Waals surface area contributed by atoms with Crippen molar-refractivity contribution in [3.63, 3.8) is 0 Å². The number of carbonyl (C=O) groups is 3. The highest BCUT2D eigenvalue weighted by Gasteiger charge is 2.46. The van der Waals surface area contributed by atoms with Crippen LogP contribution in [-0.2, 0) is 28.1 Å². The molecule has 266 valence electrons. The SMILES string of the molecule is CCN1C(=O)[C@H](NC(=O)c2cccc(C(F)(F)F)c2)[C@H](c2ccc(F)cc2)c2c(CNC(=O)/C=C\SCc3ccccc3)nn(-c3ccccc3)c21. The highest BCUT2D eigenvalue weighted by molar-refractivity contribution is 8.01. The second-order valence-electron chi connectivity index (χ2n) is 11.9. The Labute approximate surface area is 301 Å². The zero-order valence-electron chi connectivity index (χ0n) is 27.8. The summed E-state index contributed by atoms with van der Waals surface area (Å²) in [6.45, 7) is 1.81. The van der Waals surface area contributed by atoms with E-state index in [1.807, 2.05) is 36.4 Å². The van der Waals surface area contributed by atoms with Gasteiger partial charge in [0.15, 0.2) is 0 Å². The van der Waals surface area contributed by atoms with Gasteiger partial charge in [-0.25, -0.2) is 9.07 Å². The summed E-state index contributed by atoms with van der Waals surface area (Å²) in [5.41, 5.74) is 1.70. The molecule has 0 aliphatic carbocycles. The van der Waals surface area contributed by atoms with Gasteiger partial charge >= 0.3 is 6.18 Å². The number of halogens is 4. The Balaban J connectivity index is 1.40. The molecule has 1 aliphatic heterocycles. The number of hydrogen-bond donors (Lipinski definition) is 2. The third-order valence-corrected chi connectivity index (χ3v) is 9.36. The number of thioether (sulfide) groups is 1. The fourth-order valence-corrected chi connectivity index (χ4v) is 6.81. The highest BCUT2D eigenvalue weighted by atomic mass is 32.2. The second kappa shape index (κ2) is 15.7. The van der Waals surface area contributed by atoms with Crippen molar-refractivity contribution in [2.45, 2.75) is 37.4 Å². The van der Waals surface area contributed by atoms with Crippen molar-refractivity contribution in [2.75, 3.05) is 11.4 Å². The maximum Gasteiger partial charge on any atom is 0.416 e. The molecule has 0 bridgehead atoms. The van der Waals surface area contributed by atoms with Crippen molar-refractivity contribution in [3.05, 3.63) is 160 Å². The van der Waals surface area contributed by atoms with Crippen LogP contribution >= 0.6 is 11.8 Å². The van der Waals surface area contributed by atoms with E-state index in [4.69, 9.17) is 5.10 Å². The summed E-state index contributed by atoms with van der Waals surface area (Å²) >= 11 is 1.45. The topological polar surface area (TPSA) is 96.3 Å². The molecule has 3 amide bonds. The van der Waals surface area contributed by atoms with Crippen LogP contribution in [0, 0.1) is 5.82 Å². The number of amides is 3. The Hall–Kier alpha value is -5.69. The highest BCUT2D eigenvalue weighted by Crippen LogP contribution is 2.44. The Kier molecular flexibility index (Phi) is 10.9. The van der Waals surface area contributed by atoms with Gasteiger partial charge in [-0.15, -0.1) is 11.8 Å². The van der Waals surface area contributed by atoms with Crippen LogP contribution in [0.4, 0.5) is 23.4 Å². The third kappa shape index (κ3) is 7.94. The average molecular weight is 728 g/mol. The molecule has 0 fully saturated rings. The molecular weight excluding hydrogens is 695 g/mol. The van der Waals surface area contributed by atoms with Gasteiger partial charge in [-0.3, -0.25) is 19.3 Å². The van der Waals surface area contributed by atoms with Gasteiger partial charge in [0.2, 0.25) is 5.91 Å². The smallest absolute Gasteiger partial charge is 0.347 e. The van der Waals surface area contributed by atoms with Crippen LogP contribution in [0.3, 0.4) is 0 Å². The van der Waals surface area contributed by atoms with Gasteiger partial charge in [0.25, 0.3) is 11.8 Å². The van der Waals surface area contributed by atoms with Crippen LogP contribution in [0.5, 0.6) is 0 Å². The standard InChI is InChI=1S/C39H33F4N5O3S/c1-2-47-37-34(31(46-48(37)30-14-7-4-8-15-30)23-44-32(49)20-21-52-24-25-10-5-3-6-11-25)33(26-16-18-29(40)19-17-26)35(38(47)51)45-36(50)27-12-9-13-28(22-27)39(41,42)43/h3-22,33,35H,2,23-24H2,1H3,(H,44,49)(H,45,50)/b21-20-/t33-,35-/m1/s1. The number of fused-ring (bicyclic) bond motifs is 1. The molecule has 2 heterocycles. The van der Waals surface area contributed by atoms with E-state index < -0.39 is 47.2 Å². The van der Waals surface area contributed by atoms with E-state index in [0.717, 1.165) is 23.8 Å².